The van der Waals surface area contributed by atoms with Gasteiger partial charge in [-0.15, -0.1) is 0 Å². The van der Waals surface area contributed by atoms with Gasteiger partial charge in [-0.05, 0) is 71.6 Å². The first-order chi connectivity index (χ1) is 13.3. The van der Waals surface area contributed by atoms with Crippen molar-refractivity contribution in [2.75, 3.05) is 11.4 Å². The van der Waals surface area contributed by atoms with Crippen LogP contribution in [-0.4, -0.2) is 21.5 Å². The molecular weight excluding hydrogens is 459 g/mol. The van der Waals surface area contributed by atoms with Gasteiger partial charge in [0, 0.05) is 21.6 Å². The van der Waals surface area contributed by atoms with Crippen LogP contribution in [0.5, 0.6) is 0 Å². The number of hydrogen-bond acceptors (Lipinski definition) is 4. The maximum atomic E-state index is 6.37. The van der Waals surface area contributed by atoms with Crippen LogP contribution in [0, 0.1) is 6.92 Å². The zero-order valence-electron chi connectivity index (χ0n) is 16.2. The lowest BCUT2D eigenvalue weighted by molar-refractivity contribution is 0.861. The van der Waals surface area contributed by atoms with Crippen LogP contribution >= 0.6 is 39.1 Å². The molecule has 3 rings (SSSR count). The maximum absolute atomic E-state index is 6.37. The van der Waals surface area contributed by atoms with Gasteiger partial charge in [0.1, 0.15) is 5.82 Å². The predicted molar refractivity (Wildman–Crippen MR) is 121 cm³/mol. The van der Waals surface area contributed by atoms with Crippen molar-refractivity contribution in [3.63, 3.8) is 0 Å². The number of hydrogen-bond donors (Lipinski definition) is 0. The Morgan fingerprint density at radius 2 is 1.79 bits per heavy atom. The van der Waals surface area contributed by atoms with E-state index in [0.717, 1.165) is 15.7 Å². The van der Waals surface area contributed by atoms with Gasteiger partial charge in [0.25, 0.3) is 0 Å². The number of halogens is 3. The highest BCUT2D eigenvalue weighted by Crippen LogP contribution is 2.34. The summed E-state index contributed by atoms with van der Waals surface area (Å²) in [6.45, 7) is 8.98. The Morgan fingerprint density at radius 1 is 1.04 bits per heavy atom. The second-order valence-corrected chi connectivity index (χ2v) is 8.44. The maximum Gasteiger partial charge on any atom is 0.233 e. The molecule has 1 heterocycles. The summed E-state index contributed by atoms with van der Waals surface area (Å²) in [6, 6.07) is 11.7. The Labute approximate surface area is 184 Å². The fourth-order valence-corrected chi connectivity index (χ4v) is 4.00. The Kier molecular flexibility index (Phi) is 6.58. The molecule has 3 aromatic rings. The minimum atomic E-state index is 0.457. The van der Waals surface area contributed by atoms with Crippen LogP contribution in [0.25, 0.3) is 11.4 Å². The minimum Gasteiger partial charge on any atom is -0.310 e. The highest BCUT2D eigenvalue weighted by atomic mass is 79.9. The van der Waals surface area contributed by atoms with E-state index < -0.39 is 0 Å². The zero-order chi connectivity index (χ0) is 20.4. The molecule has 0 radical (unpaired) electrons. The first kappa shape index (κ1) is 21.0. The molecule has 146 valence electrons. The fraction of sp³-hybridized carbons (Fsp3) is 0.286. The fourth-order valence-electron chi connectivity index (χ4n) is 2.90. The van der Waals surface area contributed by atoms with Crippen LogP contribution in [0.2, 0.25) is 10.0 Å². The summed E-state index contributed by atoms with van der Waals surface area (Å²) in [7, 11) is 0. The van der Waals surface area contributed by atoms with Crippen molar-refractivity contribution in [3.8, 4) is 11.4 Å². The van der Waals surface area contributed by atoms with Crippen LogP contribution < -0.4 is 4.90 Å². The summed E-state index contributed by atoms with van der Waals surface area (Å²) < 4.78 is 1.00. The zero-order valence-corrected chi connectivity index (χ0v) is 19.3. The number of benzene rings is 2. The molecule has 0 bridgehead atoms. The van der Waals surface area contributed by atoms with Crippen molar-refractivity contribution in [2.45, 2.75) is 33.6 Å². The number of aromatic nitrogens is 3. The van der Waals surface area contributed by atoms with Crippen LogP contribution in [0.3, 0.4) is 0 Å². The number of aryl methyl sites for hydroxylation is 1. The molecule has 0 N–H and O–H groups in total. The molecule has 0 saturated heterocycles. The van der Waals surface area contributed by atoms with Gasteiger partial charge in [-0.2, -0.15) is 9.97 Å². The lowest BCUT2D eigenvalue weighted by atomic mass is 10.0. The molecule has 0 aliphatic heterocycles. The van der Waals surface area contributed by atoms with Crippen molar-refractivity contribution in [1.29, 1.82) is 0 Å². The van der Waals surface area contributed by atoms with Crippen LogP contribution in [0.15, 0.2) is 40.9 Å². The summed E-state index contributed by atoms with van der Waals surface area (Å²) in [5, 5.41) is 1.08. The molecule has 0 fully saturated rings. The van der Waals surface area contributed by atoms with E-state index in [4.69, 9.17) is 28.2 Å². The van der Waals surface area contributed by atoms with Crippen LogP contribution in [0.1, 0.15) is 38.1 Å². The largest absolute Gasteiger partial charge is 0.310 e. The van der Waals surface area contributed by atoms with E-state index in [-0.39, 0.29) is 0 Å². The Bertz CT molecular complexity index is 1010. The van der Waals surface area contributed by atoms with Gasteiger partial charge in [0.05, 0.1) is 10.7 Å². The third kappa shape index (κ3) is 4.48. The second kappa shape index (κ2) is 8.76. The van der Waals surface area contributed by atoms with Gasteiger partial charge >= 0.3 is 0 Å². The molecule has 1 aromatic heterocycles. The van der Waals surface area contributed by atoms with Crippen molar-refractivity contribution in [2.24, 2.45) is 0 Å². The lowest BCUT2D eigenvalue weighted by Crippen LogP contribution is -2.20. The molecule has 4 nitrogen and oxygen atoms in total. The molecule has 0 spiro atoms. The van der Waals surface area contributed by atoms with E-state index in [2.05, 4.69) is 69.8 Å². The van der Waals surface area contributed by atoms with Gasteiger partial charge in [-0.1, -0.05) is 43.1 Å². The molecular formula is C21H21BrCl2N4. The summed E-state index contributed by atoms with van der Waals surface area (Å²) >= 11 is 16.1. The van der Waals surface area contributed by atoms with E-state index in [1.807, 2.05) is 13.0 Å². The summed E-state index contributed by atoms with van der Waals surface area (Å²) in [4.78, 5) is 15.8. The van der Waals surface area contributed by atoms with Gasteiger partial charge in [-0.25, -0.2) is 4.98 Å². The minimum absolute atomic E-state index is 0.457. The highest BCUT2D eigenvalue weighted by Gasteiger charge is 2.18. The molecule has 0 saturated carbocycles. The molecule has 0 amide bonds. The van der Waals surface area contributed by atoms with Crippen molar-refractivity contribution in [3.05, 3.63) is 62.3 Å². The molecule has 7 heteroatoms. The van der Waals surface area contributed by atoms with Crippen molar-refractivity contribution >= 4 is 50.8 Å². The van der Waals surface area contributed by atoms with Crippen molar-refractivity contribution < 1.29 is 0 Å². The first-order valence-electron chi connectivity index (χ1n) is 9.05. The lowest BCUT2D eigenvalue weighted by Gasteiger charge is -2.23. The van der Waals surface area contributed by atoms with Crippen molar-refractivity contribution in [1.82, 2.24) is 15.0 Å². The molecule has 0 aliphatic rings. The molecule has 28 heavy (non-hydrogen) atoms. The van der Waals surface area contributed by atoms with E-state index in [9.17, 15) is 0 Å². The topological polar surface area (TPSA) is 41.9 Å². The van der Waals surface area contributed by atoms with Gasteiger partial charge in [0.15, 0.2) is 5.82 Å². The third-order valence-electron chi connectivity index (χ3n) is 4.39. The number of anilines is 2. The van der Waals surface area contributed by atoms with Crippen LogP contribution in [0.4, 0.5) is 11.6 Å². The third-order valence-corrected chi connectivity index (χ3v) is 5.58. The number of rotatable bonds is 5. The summed E-state index contributed by atoms with van der Waals surface area (Å²) in [5.41, 5.74) is 3.00. The molecule has 0 atom stereocenters. The Morgan fingerprint density at radius 3 is 2.39 bits per heavy atom. The normalized spacial score (nSPS) is 11.1. The average Bonchev–Trinajstić information content (AvgIpc) is 2.63. The Hall–Kier alpha value is -1.69. The van der Waals surface area contributed by atoms with Crippen LogP contribution in [-0.2, 0) is 0 Å². The Balaban J connectivity index is 2.08. The smallest absolute Gasteiger partial charge is 0.233 e. The van der Waals surface area contributed by atoms with E-state index in [1.165, 1.54) is 5.56 Å². The second-order valence-electron chi connectivity index (χ2n) is 6.74. The number of nitrogens with zero attached hydrogens (tertiary/aromatic N) is 4. The van der Waals surface area contributed by atoms with E-state index in [1.54, 1.807) is 12.1 Å². The van der Waals surface area contributed by atoms with E-state index >= 15 is 0 Å². The summed E-state index contributed by atoms with van der Waals surface area (Å²) in [6.07, 6.45) is 0. The van der Waals surface area contributed by atoms with Gasteiger partial charge in [0.2, 0.25) is 5.95 Å². The highest BCUT2D eigenvalue weighted by molar-refractivity contribution is 9.10. The van der Waals surface area contributed by atoms with Gasteiger partial charge in [-0.3, -0.25) is 0 Å². The SMILES string of the molecule is CCN(c1nc(C)nc(-c2ccc(Cl)cc2Cl)n1)c1ccc(C(C)C)cc1Br. The summed E-state index contributed by atoms with van der Waals surface area (Å²) in [5.74, 6) is 2.18. The predicted octanol–water partition coefficient (Wildman–Crippen LogP) is 7.20. The quantitative estimate of drug-likeness (QED) is 0.388. The standard InChI is InChI=1S/C21H21BrCl2N4/c1-5-28(19-9-6-14(12(2)3)10-17(19)22)21-26-13(4)25-20(27-21)16-8-7-15(23)11-18(16)24/h6-12H,5H2,1-4H3. The molecule has 0 aliphatic carbocycles. The van der Waals surface area contributed by atoms with E-state index in [0.29, 0.717) is 40.1 Å². The first-order valence-corrected chi connectivity index (χ1v) is 10.6. The monoisotopic (exact) mass is 478 g/mol. The van der Waals surface area contributed by atoms with Gasteiger partial charge < -0.3 is 4.90 Å². The molecule has 0 unspecified atom stereocenters. The molecule has 2 aromatic carbocycles. The average molecular weight is 480 g/mol.